The highest BCUT2D eigenvalue weighted by Gasteiger charge is 2.30. The van der Waals surface area contributed by atoms with Crippen LogP contribution in [0.3, 0.4) is 0 Å². The summed E-state index contributed by atoms with van der Waals surface area (Å²) in [4.78, 5) is 22.6. The highest BCUT2D eigenvalue weighted by molar-refractivity contribution is 5.76. The maximum atomic E-state index is 11.6. The van der Waals surface area contributed by atoms with Crippen LogP contribution in [0.5, 0.6) is 0 Å². The SMILES string of the molecule is CC(C)C(CNC(=O)NCC1(C)CCCO1)C(=O)O. The number of hydrogen-bond donors (Lipinski definition) is 3. The molecule has 19 heavy (non-hydrogen) atoms. The number of rotatable bonds is 6. The summed E-state index contributed by atoms with van der Waals surface area (Å²) in [6.45, 7) is 6.93. The van der Waals surface area contributed by atoms with Gasteiger partial charge in [-0.3, -0.25) is 4.79 Å². The molecule has 0 aromatic carbocycles. The van der Waals surface area contributed by atoms with E-state index in [-0.39, 0.29) is 24.1 Å². The van der Waals surface area contributed by atoms with Crippen molar-refractivity contribution in [2.45, 2.75) is 39.2 Å². The first kappa shape index (κ1) is 15.8. The Hall–Kier alpha value is -1.30. The average molecular weight is 272 g/mol. The van der Waals surface area contributed by atoms with Gasteiger partial charge in [-0.05, 0) is 25.7 Å². The van der Waals surface area contributed by atoms with Crippen LogP contribution in [-0.2, 0) is 9.53 Å². The monoisotopic (exact) mass is 272 g/mol. The zero-order valence-electron chi connectivity index (χ0n) is 11.9. The second-order valence-corrected chi connectivity index (χ2v) is 5.65. The van der Waals surface area contributed by atoms with Crippen molar-refractivity contribution in [3.05, 3.63) is 0 Å². The van der Waals surface area contributed by atoms with Crippen molar-refractivity contribution >= 4 is 12.0 Å². The minimum atomic E-state index is -0.888. The number of aliphatic carboxylic acids is 1. The number of urea groups is 1. The molecule has 110 valence electrons. The number of ether oxygens (including phenoxy) is 1. The molecule has 6 heteroatoms. The summed E-state index contributed by atoms with van der Waals surface area (Å²) in [5, 5.41) is 14.3. The summed E-state index contributed by atoms with van der Waals surface area (Å²) in [7, 11) is 0. The fraction of sp³-hybridized carbons (Fsp3) is 0.846. The standard InChI is InChI=1S/C13H24N2O4/c1-9(2)10(11(16)17)7-14-12(18)15-8-13(3)5-4-6-19-13/h9-10H,4-8H2,1-3H3,(H,16,17)(H2,14,15,18). The Bertz CT molecular complexity index is 325. The second-order valence-electron chi connectivity index (χ2n) is 5.65. The highest BCUT2D eigenvalue weighted by Crippen LogP contribution is 2.23. The third-order valence-corrected chi connectivity index (χ3v) is 3.53. The van der Waals surface area contributed by atoms with Crippen LogP contribution in [0.15, 0.2) is 0 Å². The largest absolute Gasteiger partial charge is 0.481 e. The van der Waals surface area contributed by atoms with Crippen LogP contribution >= 0.6 is 0 Å². The molecule has 0 spiro atoms. The van der Waals surface area contributed by atoms with E-state index in [0.29, 0.717) is 6.54 Å². The summed E-state index contributed by atoms with van der Waals surface area (Å²) in [6, 6.07) is -0.344. The lowest BCUT2D eigenvalue weighted by Crippen LogP contribution is -2.46. The topological polar surface area (TPSA) is 87.7 Å². The number of amides is 2. The molecule has 0 aromatic heterocycles. The van der Waals surface area contributed by atoms with Gasteiger partial charge in [0.05, 0.1) is 11.5 Å². The first-order valence-corrected chi connectivity index (χ1v) is 6.72. The molecular weight excluding hydrogens is 248 g/mol. The Morgan fingerprint density at radius 1 is 1.37 bits per heavy atom. The molecule has 3 N–H and O–H groups in total. The van der Waals surface area contributed by atoms with Crippen molar-refractivity contribution in [2.24, 2.45) is 11.8 Å². The van der Waals surface area contributed by atoms with E-state index >= 15 is 0 Å². The van der Waals surface area contributed by atoms with Crippen molar-refractivity contribution in [1.82, 2.24) is 10.6 Å². The highest BCUT2D eigenvalue weighted by atomic mass is 16.5. The zero-order chi connectivity index (χ0) is 14.5. The van der Waals surface area contributed by atoms with Crippen LogP contribution < -0.4 is 10.6 Å². The predicted octanol–water partition coefficient (Wildman–Crippen LogP) is 1.21. The van der Waals surface area contributed by atoms with E-state index in [1.165, 1.54) is 0 Å². The summed E-state index contributed by atoms with van der Waals surface area (Å²) >= 11 is 0. The molecule has 0 bridgehead atoms. The molecule has 6 nitrogen and oxygen atoms in total. The minimum absolute atomic E-state index is 0.0199. The summed E-state index contributed by atoms with van der Waals surface area (Å²) in [6.07, 6.45) is 1.94. The van der Waals surface area contributed by atoms with Gasteiger partial charge in [-0.2, -0.15) is 0 Å². The van der Waals surface area contributed by atoms with Crippen molar-refractivity contribution in [2.75, 3.05) is 19.7 Å². The third-order valence-electron chi connectivity index (χ3n) is 3.53. The van der Waals surface area contributed by atoms with Crippen LogP contribution in [0, 0.1) is 11.8 Å². The third kappa shape index (κ3) is 5.06. The van der Waals surface area contributed by atoms with Gasteiger partial charge in [-0.25, -0.2) is 4.79 Å². The van der Waals surface area contributed by atoms with Gasteiger partial charge < -0.3 is 20.5 Å². The van der Waals surface area contributed by atoms with E-state index < -0.39 is 11.9 Å². The van der Waals surface area contributed by atoms with Crippen molar-refractivity contribution in [3.63, 3.8) is 0 Å². The van der Waals surface area contributed by atoms with Crippen LogP contribution in [0.25, 0.3) is 0 Å². The molecule has 1 aliphatic rings. The molecular formula is C13H24N2O4. The van der Waals surface area contributed by atoms with Gasteiger partial charge in [0.1, 0.15) is 0 Å². The van der Waals surface area contributed by atoms with E-state index in [1.54, 1.807) is 0 Å². The predicted molar refractivity (Wildman–Crippen MR) is 71.0 cm³/mol. The lowest BCUT2D eigenvalue weighted by atomic mass is 9.96. The average Bonchev–Trinajstić information content (AvgIpc) is 2.73. The molecule has 0 aromatic rings. The Labute approximate surface area is 113 Å². The molecule has 1 rings (SSSR count). The molecule has 1 aliphatic heterocycles. The molecule has 2 amide bonds. The van der Waals surface area contributed by atoms with Crippen molar-refractivity contribution in [1.29, 1.82) is 0 Å². The van der Waals surface area contributed by atoms with Gasteiger partial charge in [0.15, 0.2) is 0 Å². The van der Waals surface area contributed by atoms with Crippen LogP contribution in [0.4, 0.5) is 4.79 Å². The van der Waals surface area contributed by atoms with Crippen LogP contribution in [0.1, 0.15) is 33.6 Å². The Morgan fingerprint density at radius 2 is 2.05 bits per heavy atom. The number of hydrogen-bond acceptors (Lipinski definition) is 3. The smallest absolute Gasteiger partial charge is 0.314 e. The second kappa shape index (κ2) is 6.75. The van der Waals surface area contributed by atoms with E-state index in [4.69, 9.17) is 9.84 Å². The number of carbonyl (C=O) groups is 2. The minimum Gasteiger partial charge on any atom is -0.481 e. The summed E-state index contributed by atoms with van der Waals surface area (Å²) < 4.78 is 5.56. The number of carbonyl (C=O) groups excluding carboxylic acids is 1. The lowest BCUT2D eigenvalue weighted by Gasteiger charge is -2.24. The quantitative estimate of drug-likeness (QED) is 0.678. The normalized spacial score (nSPS) is 24.2. The van der Waals surface area contributed by atoms with Gasteiger partial charge in [-0.1, -0.05) is 13.8 Å². The van der Waals surface area contributed by atoms with Gasteiger partial charge in [-0.15, -0.1) is 0 Å². The van der Waals surface area contributed by atoms with Crippen LogP contribution in [0.2, 0.25) is 0 Å². The van der Waals surface area contributed by atoms with E-state index in [0.717, 1.165) is 19.4 Å². The molecule has 1 fully saturated rings. The Kier molecular flexibility index (Phi) is 5.60. The van der Waals surface area contributed by atoms with E-state index in [9.17, 15) is 9.59 Å². The molecule has 2 atom stereocenters. The lowest BCUT2D eigenvalue weighted by molar-refractivity contribution is -0.142. The molecule has 2 unspecified atom stereocenters. The fourth-order valence-electron chi connectivity index (χ4n) is 2.12. The van der Waals surface area contributed by atoms with Gasteiger partial charge in [0.2, 0.25) is 0 Å². The van der Waals surface area contributed by atoms with Crippen LogP contribution in [-0.4, -0.2) is 42.4 Å². The van der Waals surface area contributed by atoms with E-state index in [1.807, 2.05) is 20.8 Å². The summed E-state index contributed by atoms with van der Waals surface area (Å²) in [5.74, 6) is -1.47. The zero-order valence-corrected chi connectivity index (χ0v) is 11.9. The summed E-state index contributed by atoms with van der Waals surface area (Å²) in [5.41, 5.74) is -0.290. The Balaban J connectivity index is 2.29. The van der Waals surface area contributed by atoms with Gasteiger partial charge in [0, 0.05) is 19.7 Å². The van der Waals surface area contributed by atoms with Crippen molar-refractivity contribution < 1.29 is 19.4 Å². The fourth-order valence-corrected chi connectivity index (χ4v) is 2.12. The van der Waals surface area contributed by atoms with Gasteiger partial charge in [0.25, 0.3) is 0 Å². The maximum Gasteiger partial charge on any atom is 0.314 e. The molecule has 1 saturated heterocycles. The van der Waals surface area contributed by atoms with Gasteiger partial charge >= 0.3 is 12.0 Å². The maximum absolute atomic E-state index is 11.6. The number of nitrogens with one attached hydrogen (secondary N) is 2. The molecule has 0 radical (unpaired) electrons. The van der Waals surface area contributed by atoms with Crippen molar-refractivity contribution in [3.8, 4) is 0 Å². The molecule has 0 aliphatic carbocycles. The first-order valence-electron chi connectivity index (χ1n) is 6.72. The number of carboxylic acids is 1. The number of carboxylic acid groups (broad SMARTS) is 1. The van der Waals surface area contributed by atoms with E-state index in [2.05, 4.69) is 10.6 Å². The Morgan fingerprint density at radius 3 is 2.53 bits per heavy atom. The molecule has 1 heterocycles. The first-order chi connectivity index (χ1) is 8.84. The molecule has 0 saturated carbocycles.